The molecule has 3 rings (SSSR count). The molecule has 2 nitrogen and oxygen atoms in total. The number of rotatable bonds is 5. The molecule has 0 bridgehead atoms. The fourth-order valence-corrected chi connectivity index (χ4v) is 3.90. The van der Waals surface area contributed by atoms with Gasteiger partial charge in [-0.2, -0.15) is 0 Å². The van der Waals surface area contributed by atoms with Crippen LogP contribution in [-0.4, -0.2) is 14.2 Å². The molecule has 0 aliphatic rings. The third-order valence-electron chi connectivity index (χ3n) is 4.13. The Bertz CT molecular complexity index is 767. The van der Waals surface area contributed by atoms with Crippen LogP contribution in [0.4, 0.5) is 0 Å². The van der Waals surface area contributed by atoms with E-state index in [1.807, 2.05) is 54.6 Å². The van der Waals surface area contributed by atoms with E-state index in [4.69, 9.17) is 9.47 Å². The molecule has 3 aromatic rings. The Labute approximate surface area is 151 Å². The summed E-state index contributed by atoms with van der Waals surface area (Å²) in [5.74, 6) is 1.65. The minimum Gasteiger partial charge on any atom is -0.496 e. The van der Waals surface area contributed by atoms with Crippen LogP contribution in [-0.2, 0) is 4.32 Å². The Hall–Kier alpha value is -2.26. The molecule has 0 spiro atoms. The number of halogens is 1. The lowest BCUT2D eigenvalue weighted by atomic mass is 9.84. The van der Waals surface area contributed by atoms with Crippen molar-refractivity contribution in [1.82, 2.24) is 0 Å². The SMILES string of the molecule is COc1ccccc1C(Br)(c1ccccc1)c1ccccc1OC. The van der Waals surface area contributed by atoms with Crippen molar-refractivity contribution in [3.8, 4) is 11.5 Å². The van der Waals surface area contributed by atoms with E-state index in [1.165, 1.54) is 0 Å². The molecule has 0 amide bonds. The first-order valence-corrected chi connectivity index (χ1v) is 8.52. The Morgan fingerprint density at radius 2 is 1.04 bits per heavy atom. The number of para-hydroxylation sites is 2. The van der Waals surface area contributed by atoms with Crippen molar-refractivity contribution < 1.29 is 9.47 Å². The van der Waals surface area contributed by atoms with Gasteiger partial charge < -0.3 is 9.47 Å². The van der Waals surface area contributed by atoms with Crippen LogP contribution in [0.15, 0.2) is 78.9 Å². The predicted octanol–water partition coefficient (Wildman–Crippen LogP) is 5.39. The number of ether oxygens (including phenoxy) is 2. The monoisotopic (exact) mass is 382 g/mol. The summed E-state index contributed by atoms with van der Waals surface area (Å²) in [6, 6.07) is 26.4. The third kappa shape index (κ3) is 2.80. The molecule has 0 fully saturated rings. The summed E-state index contributed by atoms with van der Waals surface area (Å²) in [7, 11) is 3.39. The van der Waals surface area contributed by atoms with E-state index in [0.29, 0.717) is 0 Å². The quantitative estimate of drug-likeness (QED) is 0.434. The summed E-state index contributed by atoms with van der Waals surface area (Å²) in [4.78, 5) is 0. The van der Waals surface area contributed by atoms with Gasteiger partial charge in [0.1, 0.15) is 15.8 Å². The summed E-state index contributed by atoms with van der Waals surface area (Å²) >= 11 is 4.03. The van der Waals surface area contributed by atoms with Gasteiger partial charge in [0.25, 0.3) is 0 Å². The minimum absolute atomic E-state index is 0.576. The molecule has 0 aliphatic carbocycles. The number of hydrogen-bond acceptors (Lipinski definition) is 2. The van der Waals surface area contributed by atoms with Gasteiger partial charge in [-0.05, 0) is 17.7 Å². The second kappa shape index (κ2) is 7.10. The molecule has 0 aromatic heterocycles. The standard InChI is InChI=1S/C21H19BrO2/c1-23-19-14-8-6-12-17(19)21(22,16-10-4-3-5-11-16)18-13-7-9-15-20(18)24-2/h3-15H,1-2H3. The second-order valence-electron chi connectivity index (χ2n) is 5.43. The van der Waals surface area contributed by atoms with E-state index < -0.39 is 4.32 Å². The van der Waals surface area contributed by atoms with E-state index in [1.54, 1.807) is 14.2 Å². The van der Waals surface area contributed by atoms with Crippen molar-refractivity contribution >= 4 is 15.9 Å². The molecule has 24 heavy (non-hydrogen) atoms. The number of benzene rings is 3. The molecule has 3 aromatic carbocycles. The van der Waals surface area contributed by atoms with Crippen molar-refractivity contribution in [3.05, 3.63) is 95.6 Å². The molecule has 3 heteroatoms. The summed E-state index contributed by atoms with van der Waals surface area (Å²) in [5, 5.41) is 0. The number of alkyl halides is 1. The van der Waals surface area contributed by atoms with Crippen molar-refractivity contribution in [2.75, 3.05) is 14.2 Å². The van der Waals surface area contributed by atoms with Gasteiger partial charge in [-0.1, -0.05) is 82.7 Å². The topological polar surface area (TPSA) is 18.5 Å². The van der Waals surface area contributed by atoms with E-state index >= 15 is 0 Å². The van der Waals surface area contributed by atoms with Gasteiger partial charge in [-0.15, -0.1) is 0 Å². The zero-order valence-corrected chi connectivity index (χ0v) is 15.3. The van der Waals surface area contributed by atoms with Crippen LogP contribution in [0.5, 0.6) is 11.5 Å². The number of methoxy groups -OCH3 is 2. The van der Waals surface area contributed by atoms with E-state index in [9.17, 15) is 0 Å². The predicted molar refractivity (Wildman–Crippen MR) is 101 cm³/mol. The van der Waals surface area contributed by atoms with Gasteiger partial charge in [-0.3, -0.25) is 0 Å². The highest BCUT2D eigenvalue weighted by Crippen LogP contribution is 2.50. The second-order valence-corrected chi connectivity index (χ2v) is 6.61. The molecular formula is C21H19BrO2. The maximum atomic E-state index is 5.64. The third-order valence-corrected chi connectivity index (χ3v) is 5.44. The minimum atomic E-state index is -0.576. The lowest BCUT2D eigenvalue weighted by molar-refractivity contribution is 0.401. The van der Waals surface area contributed by atoms with Crippen molar-refractivity contribution in [3.63, 3.8) is 0 Å². The molecule has 0 unspecified atom stereocenters. The van der Waals surface area contributed by atoms with Crippen LogP contribution in [0.1, 0.15) is 16.7 Å². The van der Waals surface area contributed by atoms with Crippen LogP contribution < -0.4 is 9.47 Å². The fourth-order valence-electron chi connectivity index (χ4n) is 2.98. The summed E-state index contributed by atoms with van der Waals surface area (Å²) in [6.07, 6.45) is 0. The zero-order valence-electron chi connectivity index (χ0n) is 13.7. The maximum absolute atomic E-state index is 5.64. The molecule has 0 saturated heterocycles. The summed E-state index contributed by atoms with van der Waals surface area (Å²) in [6.45, 7) is 0. The Balaban J connectivity index is 2.34. The highest BCUT2D eigenvalue weighted by Gasteiger charge is 2.38. The van der Waals surface area contributed by atoms with Gasteiger partial charge in [0.15, 0.2) is 0 Å². The summed E-state index contributed by atoms with van der Waals surface area (Å²) in [5.41, 5.74) is 3.17. The van der Waals surface area contributed by atoms with Crippen LogP contribution >= 0.6 is 15.9 Å². The number of hydrogen-bond donors (Lipinski definition) is 0. The first-order valence-electron chi connectivity index (χ1n) is 7.73. The molecule has 0 saturated carbocycles. The highest BCUT2D eigenvalue weighted by molar-refractivity contribution is 9.10. The Morgan fingerprint density at radius 3 is 1.50 bits per heavy atom. The molecule has 0 N–H and O–H groups in total. The van der Waals surface area contributed by atoms with E-state index in [2.05, 4.69) is 40.2 Å². The lowest BCUT2D eigenvalue weighted by Gasteiger charge is -2.32. The largest absolute Gasteiger partial charge is 0.496 e. The van der Waals surface area contributed by atoms with Crippen molar-refractivity contribution in [2.45, 2.75) is 4.32 Å². The van der Waals surface area contributed by atoms with Crippen molar-refractivity contribution in [1.29, 1.82) is 0 Å². The zero-order chi connectivity index (χ0) is 17.0. The Morgan fingerprint density at radius 1 is 0.625 bits per heavy atom. The van der Waals surface area contributed by atoms with Crippen LogP contribution in [0.3, 0.4) is 0 Å². The molecule has 0 atom stereocenters. The van der Waals surface area contributed by atoms with Gasteiger partial charge >= 0.3 is 0 Å². The first kappa shape index (κ1) is 16.6. The van der Waals surface area contributed by atoms with Crippen LogP contribution in [0.2, 0.25) is 0 Å². The van der Waals surface area contributed by atoms with Gasteiger partial charge in [0.2, 0.25) is 0 Å². The molecule has 0 heterocycles. The van der Waals surface area contributed by atoms with Gasteiger partial charge in [-0.25, -0.2) is 0 Å². The maximum Gasteiger partial charge on any atom is 0.124 e. The molecule has 122 valence electrons. The van der Waals surface area contributed by atoms with Crippen LogP contribution in [0.25, 0.3) is 0 Å². The van der Waals surface area contributed by atoms with E-state index in [-0.39, 0.29) is 0 Å². The average Bonchev–Trinajstić information content (AvgIpc) is 2.68. The molecule has 0 aliphatic heterocycles. The fraction of sp³-hybridized carbons (Fsp3) is 0.143. The first-order chi connectivity index (χ1) is 11.7. The normalized spacial score (nSPS) is 11.1. The Kier molecular flexibility index (Phi) is 4.91. The van der Waals surface area contributed by atoms with Crippen molar-refractivity contribution in [2.24, 2.45) is 0 Å². The molecule has 0 radical (unpaired) electrons. The van der Waals surface area contributed by atoms with Gasteiger partial charge in [0, 0.05) is 11.1 Å². The smallest absolute Gasteiger partial charge is 0.124 e. The van der Waals surface area contributed by atoms with Crippen LogP contribution in [0, 0.1) is 0 Å². The molecular weight excluding hydrogens is 364 g/mol. The summed E-state index contributed by atoms with van der Waals surface area (Å²) < 4.78 is 10.7. The highest BCUT2D eigenvalue weighted by atomic mass is 79.9. The van der Waals surface area contributed by atoms with E-state index in [0.717, 1.165) is 28.2 Å². The van der Waals surface area contributed by atoms with Gasteiger partial charge in [0.05, 0.1) is 14.2 Å². The average molecular weight is 383 g/mol. The lowest BCUT2D eigenvalue weighted by Crippen LogP contribution is -2.23.